The molecule has 0 unspecified atom stereocenters. The SMILES string of the molecule is N#Cc1ccc(CNc2cccc(NC(N)=O)c2)s1. The second-order valence-corrected chi connectivity index (χ2v) is 4.97. The minimum atomic E-state index is -0.589. The van der Waals surface area contributed by atoms with Gasteiger partial charge in [0.25, 0.3) is 0 Å². The van der Waals surface area contributed by atoms with Crippen molar-refractivity contribution in [3.8, 4) is 6.07 Å². The normalized spacial score (nSPS) is 9.63. The number of hydrogen-bond acceptors (Lipinski definition) is 4. The van der Waals surface area contributed by atoms with Gasteiger partial charge in [-0.1, -0.05) is 6.07 Å². The Labute approximate surface area is 114 Å². The molecule has 2 amide bonds. The number of anilines is 2. The first-order chi connectivity index (χ1) is 9.17. The predicted molar refractivity (Wildman–Crippen MR) is 76.0 cm³/mol. The van der Waals surface area contributed by atoms with Gasteiger partial charge in [-0.05, 0) is 30.3 Å². The van der Waals surface area contributed by atoms with Gasteiger partial charge in [-0.15, -0.1) is 11.3 Å². The second kappa shape index (κ2) is 5.89. The lowest BCUT2D eigenvalue weighted by Crippen LogP contribution is -2.19. The molecule has 0 aliphatic rings. The van der Waals surface area contributed by atoms with Crippen molar-refractivity contribution >= 4 is 28.7 Å². The molecule has 2 aromatic rings. The highest BCUT2D eigenvalue weighted by atomic mass is 32.1. The van der Waals surface area contributed by atoms with E-state index in [1.165, 1.54) is 11.3 Å². The predicted octanol–water partition coefficient (Wildman–Crippen LogP) is 2.72. The van der Waals surface area contributed by atoms with Crippen LogP contribution in [0.3, 0.4) is 0 Å². The summed E-state index contributed by atoms with van der Waals surface area (Å²) in [4.78, 5) is 12.5. The lowest BCUT2D eigenvalue weighted by atomic mass is 10.2. The van der Waals surface area contributed by atoms with Crippen LogP contribution in [-0.4, -0.2) is 6.03 Å². The van der Waals surface area contributed by atoms with Crippen LogP contribution < -0.4 is 16.4 Å². The fraction of sp³-hybridized carbons (Fsp3) is 0.0769. The van der Waals surface area contributed by atoms with Gasteiger partial charge in [-0.25, -0.2) is 4.79 Å². The average molecular weight is 272 g/mol. The Morgan fingerprint density at radius 2 is 2.11 bits per heavy atom. The molecule has 1 aromatic carbocycles. The molecule has 1 aromatic heterocycles. The van der Waals surface area contributed by atoms with E-state index < -0.39 is 6.03 Å². The quantitative estimate of drug-likeness (QED) is 0.799. The summed E-state index contributed by atoms with van der Waals surface area (Å²) >= 11 is 1.45. The standard InChI is InChI=1S/C13H12N4OS/c14-7-11-4-5-12(19-11)8-16-9-2-1-3-10(6-9)17-13(15)18/h1-6,16H,8H2,(H3,15,17,18). The average Bonchev–Trinajstić information content (AvgIpc) is 2.84. The number of thiophene rings is 1. The van der Waals surface area contributed by atoms with Crippen LogP contribution in [0.15, 0.2) is 36.4 Å². The lowest BCUT2D eigenvalue weighted by molar-refractivity contribution is 0.259. The maximum atomic E-state index is 10.8. The zero-order valence-electron chi connectivity index (χ0n) is 10.0. The molecule has 19 heavy (non-hydrogen) atoms. The van der Waals surface area contributed by atoms with Crippen molar-refractivity contribution in [3.63, 3.8) is 0 Å². The molecular weight excluding hydrogens is 260 g/mol. The molecule has 0 spiro atoms. The third-order valence-corrected chi connectivity index (χ3v) is 3.36. The molecule has 5 nitrogen and oxygen atoms in total. The second-order valence-electron chi connectivity index (χ2n) is 3.80. The van der Waals surface area contributed by atoms with Gasteiger partial charge in [-0.3, -0.25) is 0 Å². The van der Waals surface area contributed by atoms with Gasteiger partial charge in [0.15, 0.2) is 0 Å². The Kier molecular flexibility index (Phi) is 4.00. The van der Waals surface area contributed by atoms with Crippen molar-refractivity contribution in [1.82, 2.24) is 0 Å². The van der Waals surface area contributed by atoms with Crippen LogP contribution in [0.1, 0.15) is 9.75 Å². The highest BCUT2D eigenvalue weighted by Gasteiger charge is 2.01. The number of hydrogen-bond donors (Lipinski definition) is 3. The van der Waals surface area contributed by atoms with E-state index in [1.54, 1.807) is 18.2 Å². The number of nitrogens with two attached hydrogens (primary N) is 1. The molecule has 4 N–H and O–H groups in total. The zero-order valence-corrected chi connectivity index (χ0v) is 10.8. The van der Waals surface area contributed by atoms with Crippen LogP contribution in [-0.2, 0) is 6.54 Å². The Hall–Kier alpha value is -2.52. The number of urea groups is 1. The number of benzene rings is 1. The summed E-state index contributed by atoms with van der Waals surface area (Å²) in [5.41, 5.74) is 6.57. The van der Waals surface area contributed by atoms with Crippen LogP contribution in [0.4, 0.5) is 16.2 Å². The molecule has 0 fully saturated rings. The number of nitrogens with zero attached hydrogens (tertiary/aromatic N) is 1. The van der Waals surface area contributed by atoms with Crippen molar-refractivity contribution < 1.29 is 4.79 Å². The monoisotopic (exact) mass is 272 g/mol. The first kappa shape index (κ1) is 12.9. The number of carbonyl (C=O) groups is 1. The van der Waals surface area contributed by atoms with Crippen LogP contribution in [0.25, 0.3) is 0 Å². The summed E-state index contributed by atoms with van der Waals surface area (Å²) in [7, 11) is 0. The summed E-state index contributed by atoms with van der Waals surface area (Å²) in [6.07, 6.45) is 0. The first-order valence-electron chi connectivity index (χ1n) is 5.56. The molecule has 0 aliphatic carbocycles. The van der Waals surface area contributed by atoms with E-state index in [1.807, 2.05) is 18.2 Å². The van der Waals surface area contributed by atoms with Crippen molar-refractivity contribution in [2.24, 2.45) is 5.73 Å². The Balaban J connectivity index is 1.99. The van der Waals surface area contributed by atoms with E-state index >= 15 is 0 Å². The number of amides is 2. The van der Waals surface area contributed by atoms with E-state index in [-0.39, 0.29) is 0 Å². The molecule has 96 valence electrons. The van der Waals surface area contributed by atoms with Gasteiger partial charge in [0, 0.05) is 22.8 Å². The van der Waals surface area contributed by atoms with Gasteiger partial charge >= 0.3 is 6.03 Å². The lowest BCUT2D eigenvalue weighted by Gasteiger charge is -2.07. The van der Waals surface area contributed by atoms with Crippen molar-refractivity contribution in [2.75, 3.05) is 10.6 Å². The van der Waals surface area contributed by atoms with Crippen molar-refractivity contribution in [1.29, 1.82) is 5.26 Å². The molecule has 0 saturated carbocycles. The minimum absolute atomic E-state index is 0.589. The number of primary amides is 1. The molecule has 1 heterocycles. The fourth-order valence-corrected chi connectivity index (χ4v) is 2.32. The number of carbonyl (C=O) groups excluding carboxylic acids is 1. The molecule has 0 saturated heterocycles. The smallest absolute Gasteiger partial charge is 0.316 e. The molecule has 2 rings (SSSR count). The van der Waals surface area contributed by atoms with Gasteiger partial charge < -0.3 is 16.4 Å². The van der Waals surface area contributed by atoms with Crippen molar-refractivity contribution in [2.45, 2.75) is 6.54 Å². The van der Waals surface area contributed by atoms with E-state index in [2.05, 4.69) is 16.7 Å². The van der Waals surface area contributed by atoms with E-state index in [0.717, 1.165) is 10.6 Å². The van der Waals surface area contributed by atoms with Crippen LogP contribution in [0.2, 0.25) is 0 Å². The molecule has 0 radical (unpaired) electrons. The molecule has 0 atom stereocenters. The minimum Gasteiger partial charge on any atom is -0.380 e. The van der Waals surface area contributed by atoms with Crippen molar-refractivity contribution in [3.05, 3.63) is 46.2 Å². The summed E-state index contributed by atoms with van der Waals surface area (Å²) < 4.78 is 0. The topological polar surface area (TPSA) is 90.9 Å². The number of rotatable bonds is 4. The van der Waals surface area contributed by atoms with E-state index in [0.29, 0.717) is 17.1 Å². The molecule has 0 aliphatic heterocycles. The highest BCUT2D eigenvalue weighted by Crippen LogP contribution is 2.19. The van der Waals surface area contributed by atoms with Crippen LogP contribution in [0.5, 0.6) is 0 Å². The molecule has 6 heteroatoms. The Morgan fingerprint density at radius 3 is 2.79 bits per heavy atom. The number of nitriles is 1. The summed E-state index contributed by atoms with van der Waals surface area (Å²) in [6, 6.07) is 12.5. The molecular formula is C13H12N4OS. The maximum absolute atomic E-state index is 10.8. The van der Waals surface area contributed by atoms with E-state index in [9.17, 15) is 4.79 Å². The third-order valence-electron chi connectivity index (χ3n) is 2.37. The molecule has 0 bridgehead atoms. The summed E-state index contributed by atoms with van der Waals surface area (Å²) in [5.74, 6) is 0. The fourth-order valence-electron chi connectivity index (χ4n) is 1.57. The van der Waals surface area contributed by atoms with Gasteiger partial charge in [0.05, 0.1) is 0 Å². The first-order valence-corrected chi connectivity index (χ1v) is 6.38. The van der Waals surface area contributed by atoms with Gasteiger partial charge in [0.1, 0.15) is 10.9 Å². The zero-order chi connectivity index (χ0) is 13.7. The van der Waals surface area contributed by atoms with E-state index in [4.69, 9.17) is 11.0 Å². The maximum Gasteiger partial charge on any atom is 0.316 e. The Morgan fingerprint density at radius 1 is 1.32 bits per heavy atom. The van der Waals surface area contributed by atoms with Gasteiger partial charge in [-0.2, -0.15) is 5.26 Å². The highest BCUT2D eigenvalue weighted by molar-refractivity contribution is 7.12. The largest absolute Gasteiger partial charge is 0.380 e. The van der Waals surface area contributed by atoms with Crippen LogP contribution in [0, 0.1) is 11.3 Å². The summed E-state index contributed by atoms with van der Waals surface area (Å²) in [5, 5.41) is 14.5. The third kappa shape index (κ3) is 3.72. The Bertz CT molecular complexity index is 630. The number of nitrogens with one attached hydrogen (secondary N) is 2. The van der Waals surface area contributed by atoms with Gasteiger partial charge in [0.2, 0.25) is 0 Å². The van der Waals surface area contributed by atoms with Crippen LogP contribution >= 0.6 is 11.3 Å². The summed E-state index contributed by atoms with van der Waals surface area (Å²) in [6.45, 7) is 0.631.